The number of aliphatic hydroxyl groups is 2. The molecule has 2 aromatic rings. The third kappa shape index (κ3) is 4.66. The SMILES string of the molecule is CC(O)Cc1ccc(C(C)(C)c2ccc(CC(C)O)cc2)cc1. The molecule has 0 aliphatic heterocycles. The molecule has 0 radical (unpaired) electrons. The van der Waals surface area contributed by atoms with Crippen molar-refractivity contribution < 1.29 is 10.2 Å². The van der Waals surface area contributed by atoms with Gasteiger partial charge < -0.3 is 10.2 Å². The summed E-state index contributed by atoms with van der Waals surface area (Å²) in [5, 5.41) is 19.0. The van der Waals surface area contributed by atoms with Crippen molar-refractivity contribution in [2.75, 3.05) is 0 Å². The van der Waals surface area contributed by atoms with Gasteiger partial charge in [0.05, 0.1) is 12.2 Å². The number of aliphatic hydroxyl groups excluding tert-OH is 2. The molecule has 0 amide bonds. The summed E-state index contributed by atoms with van der Waals surface area (Å²) >= 11 is 0. The van der Waals surface area contributed by atoms with Crippen LogP contribution in [0.4, 0.5) is 0 Å². The summed E-state index contributed by atoms with van der Waals surface area (Å²) in [6.07, 6.45) is 0.759. The Morgan fingerprint density at radius 1 is 0.696 bits per heavy atom. The Balaban J connectivity index is 2.19. The fraction of sp³-hybridized carbons (Fsp3) is 0.429. The molecule has 2 aromatic carbocycles. The normalized spacial score (nSPS) is 14.5. The van der Waals surface area contributed by atoms with E-state index in [1.807, 2.05) is 13.8 Å². The lowest BCUT2D eigenvalue weighted by molar-refractivity contribution is 0.195. The molecule has 2 N–H and O–H groups in total. The van der Waals surface area contributed by atoms with E-state index in [0.29, 0.717) is 12.8 Å². The second-order valence-corrected chi connectivity index (χ2v) is 7.13. The van der Waals surface area contributed by atoms with Gasteiger partial charge in [0.15, 0.2) is 0 Å². The molecule has 0 aliphatic rings. The summed E-state index contributed by atoms with van der Waals surface area (Å²) < 4.78 is 0. The molecule has 0 saturated carbocycles. The molecule has 2 atom stereocenters. The van der Waals surface area contributed by atoms with Gasteiger partial charge in [-0.2, -0.15) is 0 Å². The van der Waals surface area contributed by atoms with Crippen molar-refractivity contribution in [3.8, 4) is 0 Å². The smallest absolute Gasteiger partial charge is 0.0552 e. The standard InChI is InChI=1S/C21H28O2/c1-15(22)13-17-5-9-19(10-6-17)21(3,4)20-11-7-18(8-12-20)14-16(2)23/h5-12,15-16,22-23H,13-14H2,1-4H3. The Kier molecular flexibility index (Phi) is 5.61. The summed E-state index contributed by atoms with van der Waals surface area (Å²) in [6.45, 7) is 8.07. The van der Waals surface area contributed by atoms with Gasteiger partial charge in [-0.05, 0) is 48.9 Å². The molecule has 2 unspecified atom stereocenters. The Morgan fingerprint density at radius 3 is 1.26 bits per heavy atom. The van der Waals surface area contributed by atoms with E-state index in [-0.39, 0.29) is 17.6 Å². The first kappa shape index (κ1) is 17.7. The van der Waals surface area contributed by atoms with Crippen LogP contribution in [0.3, 0.4) is 0 Å². The van der Waals surface area contributed by atoms with Gasteiger partial charge in [-0.3, -0.25) is 0 Å². The molecule has 0 saturated heterocycles. The first-order chi connectivity index (χ1) is 10.8. The molecular formula is C21H28O2. The number of benzene rings is 2. The van der Waals surface area contributed by atoms with Crippen molar-refractivity contribution >= 4 is 0 Å². The molecule has 0 bridgehead atoms. The van der Waals surface area contributed by atoms with Crippen molar-refractivity contribution in [3.63, 3.8) is 0 Å². The van der Waals surface area contributed by atoms with Gasteiger partial charge in [-0.1, -0.05) is 62.4 Å². The first-order valence-electron chi connectivity index (χ1n) is 8.34. The summed E-state index contributed by atoms with van der Waals surface area (Å²) in [4.78, 5) is 0. The van der Waals surface area contributed by atoms with Gasteiger partial charge in [0, 0.05) is 5.41 Å². The summed E-state index contributed by atoms with van der Waals surface area (Å²) in [5.74, 6) is 0. The van der Waals surface area contributed by atoms with Crippen LogP contribution < -0.4 is 0 Å². The molecule has 0 spiro atoms. The number of hydrogen-bond donors (Lipinski definition) is 2. The van der Waals surface area contributed by atoms with E-state index < -0.39 is 0 Å². The Morgan fingerprint density at radius 2 is 1.00 bits per heavy atom. The fourth-order valence-corrected chi connectivity index (χ4v) is 2.96. The summed E-state index contributed by atoms with van der Waals surface area (Å²) in [6, 6.07) is 17.0. The van der Waals surface area contributed by atoms with Crippen LogP contribution in [0.1, 0.15) is 49.9 Å². The molecule has 0 aliphatic carbocycles. The van der Waals surface area contributed by atoms with E-state index in [0.717, 1.165) is 11.1 Å². The maximum absolute atomic E-state index is 9.48. The first-order valence-corrected chi connectivity index (χ1v) is 8.34. The van der Waals surface area contributed by atoms with E-state index in [9.17, 15) is 10.2 Å². The lowest BCUT2D eigenvalue weighted by Crippen LogP contribution is -2.19. The summed E-state index contributed by atoms with van der Waals surface area (Å²) in [5.41, 5.74) is 4.76. The van der Waals surface area contributed by atoms with Crippen molar-refractivity contribution in [1.82, 2.24) is 0 Å². The van der Waals surface area contributed by atoms with Crippen LogP contribution in [-0.4, -0.2) is 22.4 Å². The van der Waals surface area contributed by atoms with E-state index in [2.05, 4.69) is 62.4 Å². The quantitative estimate of drug-likeness (QED) is 0.850. The Labute approximate surface area is 139 Å². The van der Waals surface area contributed by atoms with Crippen molar-refractivity contribution in [2.45, 2.75) is 58.2 Å². The van der Waals surface area contributed by atoms with Crippen LogP contribution in [-0.2, 0) is 18.3 Å². The van der Waals surface area contributed by atoms with Crippen molar-refractivity contribution in [2.24, 2.45) is 0 Å². The fourth-order valence-electron chi connectivity index (χ4n) is 2.96. The Bertz CT molecular complexity index is 552. The zero-order valence-electron chi connectivity index (χ0n) is 14.6. The monoisotopic (exact) mass is 312 g/mol. The van der Waals surface area contributed by atoms with E-state index in [1.165, 1.54) is 11.1 Å². The predicted octanol–water partition coefficient (Wildman–Crippen LogP) is 3.86. The highest BCUT2D eigenvalue weighted by Crippen LogP contribution is 2.32. The predicted molar refractivity (Wildman–Crippen MR) is 95.8 cm³/mol. The molecule has 2 heteroatoms. The van der Waals surface area contributed by atoms with Crippen LogP contribution in [0.2, 0.25) is 0 Å². The minimum atomic E-state index is -0.310. The highest BCUT2D eigenvalue weighted by atomic mass is 16.3. The van der Waals surface area contributed by atoms with Gasteiger partial charge in [-0.15, -0.1) is 0 Å². The zero-order valence-corrected chi connectivity index (χ0v) is 14.6. The highest BCUT2D eigenvalue weighted by Gasteiger charge is 2.23. The molecule has 2 rings (SSSR count). The molecule has 0 fully saturated rings. The van der Waals surface area contributed by atoms with Crippen LogP contribution in [0, 0.1) is 0 Å². The van der Waals surface area contributed by atoms with E-state index in [1.54, 1.807) is 0 Å². The van der Waals surface area contributed by atoms with E-state index >= 15 is 0 Å². The van der Waals surface area contributed by atoms with Gasteiger partial charge >= 0.3 is 0 Å². The maximum Gasteiger partial charge on any atom is 0.0552 e. The van der Waals surface area contributed by atoms with Crippen LogP contribution in [0.5, 0.6) is 0 Å². The van der Waals surface area contributed by atoms with Crippen LogP contribution >= 0.6 is 0 Å². The lowest BCUT2D eigenvalue weighted by Gasteiger charge is -2.26. The van der Waals surface area contributed by atoms with Gasteiger partial charge in [0.2, 0.25) is 0 Å². The average Bonchev–Trinajstić information content (AvgIpc) is 2.47. The average molecular weight is 312 g/mol. The van der Waals surface area contributed by atoms with Crippen molar-refractivity contribution in [1.29, 1.82) is 0 Å². The molecule has 0 aromatic heterocycles. The topological polar surface area (TPSA) is 40.5 Å². The third-order valence-electron chi connectivity index (χ3n) is 4.41. The second-order valence-electron chi connectivity index (χ2n) is 7.13. The second kappa shape index (κ2) is 7.29. The Hall–Kier alpha value is -1.64. The third-order valence-corrected chi connectivity index (χ3v) is 4.41. The maximum atomic E-state index is 9.48. The lowest BCUT2D eigenvalue weighted by atomic mass is 9.77. The summed E-state index contributed by atoms with van der Waals surface area (Å²) in [7, 11) is 0. The molecule has 23 heavy (non-hydrogen) atoms. The number of rotatable bonds is 6. The van der Waals surface area contributed by atoms with Crippen LogP contribution in [0.15, 0.2) is 48.5 Å². The molecular weight excluding hydrogens is 284 g/mol. The van der Waals surface area contributed by atoms with Crippen LogP contribution in [0.25, 0.3) is 0 Å². The molecule has 124 valence electrons. The highest BCUT2D eigenvalue weighted by molar-refractivity contribution is 5.39. The molecule has 0 heterocycles. The zero-order chi connectivity index (χ0) is 17.0. The minimum Gasteiger partial charge on any atom is -0.393 e. The van der Waals surface area contributed by atoms with Crippen molar-refractivity contribution in [3.05, 3.63) is 70.8 Å². The largest absolute Gasteiger partial charge is 0.393 e. The number of hydrogen-bond acceptors (Lipinski definition) is 2. The molecule has 2 nitrogen and oxygen atoms in total. The van der Waals surface area contributed by atoms with Gasteiger partial charge in [0.25, 0.3) is 0 Å². The van der Waals surface area contributed by atoms with E-state index in [4.69, 9.17) is 0 Å². The minimum absolute atomic E-state index is 0.0767. The van der Waals surface area contributed by atoms with Gasteiger partial charge in [-0.25, -0.2) is 0 Å². The van der Waals surface area contributed by atoms with Gasteiger partial charge in [0.1, 0.15) is 0 Å².